The van der Waals surface area contributed by atoms with Crippen LogP contribution in [0.5, 0.6) is 0 Å². The Morgan fingerprint density at radius 1 is 1.29 bits per heavy atom. The van der Waals surface area contributed by atoms with Crippen molar-refractivity contribution in [1.82, 2.24) is 4.98 Å². The summed E-state index contributed by atoms with van der Waals surface area (Å²) in [4.78, 5) is 4.13. The lowest BCUT2D eigenvalue weighted by molar-refractivity contribution is 0.441. The molecule has 2 nitrogen and oxygen atoms in total. The Kier molecular flexibility index (Phi) is 5.12. The molecule has 0 amide bonds. The van der Waals surface area contributed by atoms with E-state index in [1.807, 2.05) is 13.8 Å². The van der Waals surface area contributed by atoms with Gasteiger partial charge in [-0.3, -0.25) is 0 Å². The fourth-order valence-electron chi connectivity index (χ4n) is 1.61. The molecule has 0 aromatic carbocycles. The number of hydrogen-bond donors (Lipinski definition) is 1. The average Bonchev–Trinajstić information content (AvgIpc) is 2.52. The van der Waals surface area contributed by atoms with Crippen molar-refractivity contribution in [1.29, 1.82) is 0 Å². The molecule has 1 heterocycles. The van der Waals surface area contributed by atoms with E-state index in [0.29, 0.717) is 6.04 Å². The van der Waals surface area contributed by atoms with Crippen LogP contribution in [0, 0.1) is 13.8 Å². The quantitative estimate of drug-likeness (QED) is 0.718. The highest BCUT2D eigenvalue weighted by molar-refractivity contribution is 7.09. The third kappa shape index (κ3) is 4.72. The van der Waals surface area contributed by atoms with Gasteiger partial charge in [-0.05, 0) is 26.7 Å². The summed E-state index contributed by atoms with van der Waals surface area (Å²) in [5.41, 5.74) is 6.76. The van der Waals surface area contributed by atoms with Gasteiger partial charge in [-0.1, -0.05) is 19.3 Å². The second-order valence-electron chi connectivity index (χ2n) is 3.91. The van der Waals surface area contributed by atoms with Crippen molar-refractivity contribution in [2.75, 3.05) is 0 Å². The minimum atomic E-state index is 0.536. The summed E-state index contributed by atoms with van der Waals surface area (Å²) in [5, 5.41) is 3.20. The number of aromatic nitrogens is 1. The second kappa shape index (κ2) is 6.14. The van der Waals surface area contributed by atoms with Crippen molar-refractivity contribution < 1.29 is 0 Å². The van der Waals surface area contributed by atoms with Gasteiger partial charge in [0.15, 0.2) is 0 Å². The van der Waals surface area contributed by atoms with Gasteiger partial charge < -0.3 is 5.73 Å². The van der Waals surface area contributed by atoms with Gasteiger partial charge in [0, 0.05) is 17.1 Å². The number of nitrogens with two attached hydrogens (primary N) is 1. The number of thiazole rings is 1. The Balaban J connectivity index is 0.000000140. The molecule has 0 atom stereocenters. The van der Waals surface area contributed by atoms with Gasteiger partial charge in [0.05, 0.1) is 5.01 Å². The Bertz CT molecular complexity index is 235. The zero-order valence-corrected chi connectivity index (χ0v) is 9.94. The SMILES string of the molecule is Cc1csc(C)n1.NC1CCCCC1. The minimum Gasteiger partial charge on any atom is -0.328 e. The lowest BCUT2D eigenvalue weighted by Crippen LogP contribution is -2.22. The van der Waals surface area contributed by atoms with Crippen molar-refractivity contribution in [3.05, 3.63) is 16.1 Å². The van der Waals surface area contributed by atoms with E-state index in [-0.39, 0.29) is 0 Å². The molecule has 0 unspecified atom stereocenters. The van der Waals surface area contributed by atoms with E-state index < -0.39 is 0 Å². The van der Waals surface area contributed by atoms with Gasteiger partial charge in [-0.25, -0.2) is 4.98 Å². The largest absolute Gasteiger partial charge is 0.328 e. The highest BCUT2D eigenvalue weighted by Gasteiger charge is 2.06. The summed E-state index contributed by atoms with van der Waals surface area (Å²) in [6, 6.07) is 0.536. The molecule has 1 aliphatic rings. The summed E-state index contributed by atoms with van der Waals surface area (Å²) in [6.07, 6.45) is 6.66. The number of nitrogens with zero attached hydrogens (tertiary/aromatic N) is 1. The molecule has 1 aliphatic carbocycles. The molecule has 0 spiro atoms. The number of aryl methyl sites for hydroxylation is 2. The van der Waals surface area contributed by atoms with Crippen LogP contribution in [0.1, 0.15) is 42.8 Å². The van der Waals surface area contributed by atoms with Gasteiger partial charge >= 0.3 is 0 Å². The maximum Gasteiger partial charge on any atom is 0.0897 e. The molecule has 2 rings (SSSR count). The predicted molar refractivity (Wildman–Crippen MR) is 62.6 cm³/mol. The van der Waals surface area contributed by atoms with E-state index in [2.05, 4.69) is 10.4 Å². The minimum absolute atomic E-state index is 0.536. The third-order valence-electron chi connectivity index (χ3n) is 2.38. The average molecular weight is 212 g/mol. The highest BCUT2D eigenvalue weighted by Crippen LogP contribution is 2.14. The molecule has 2 N–H and O–H groups in total. The Labute approximate surface area is 90.6 Å². The van der Waals surface area contributed by atoms with Crippen LogP contribution < -0.4 is 5.73 Å². The first-order valence-corrected chi connectivity index (χ1v) is 6.21. The van der Waals surface area contributed by atoms with Crippen LogP contribution in [0.15, 0.2) is 5.38 Å². The third-order valence-corrected chi connectivity index (χ3v) is 3.28. The fourth-order valence-corrected chi connectivity index (χ4v) is 2.20. The van der Waals surface area contributed by atoms with Crippen LogP contribution >= 0.6 is 11.3 Å². The van der Waals surface area contributed by atoms with Crippen molar-refractivity contribution in [3.8, 4) is 0 Å². The molecule has 0 saturated heterocycles. The van der Waals surface area contributed by atoms with Crippen molar-refractivity contribution in [3.63, 3.8) is 0 Å². The molecular weight excluding hydrogens is 192 g/mol. The lowest BCUT2D eigenvalue weighted by atomic mass is 9.97. The normalized spacial score (nSPS) is 17.4. The summed E-state index contributed by atoms with van der Waals surface area (Å²) in [5.74, 6) is 0. The van der Waals surface area contributed by atoms with Gasteiger partial charge in [0.2, 0.25) is 0 Å². The molecule has 0 bridgehead atoms. The molecule has 1 aromatic rings. The smallest absolute Gasteiger partial charge is 0.0897 e. The van der Waals surface area contributed by atoms with Crippen molar-refractivity contribution in [2.45, 2.75) is 52.0 Å². The fraction of sp³-hybridized carbons (Fsp3) is 0.727. The van der Waals surface area contributed by atoms with Crippen LogP contribution in [-0.2, 0) is 0 Å². The molecule has 14 heavy (non-hydrogen) atoms. The number of hydrogen-bond acceptors (Lipinski definition) is 3. The first kappa shape index (κ1) is 11.7. The van der Waals surface area contributed by atoms with E-state index in [1.54, 1.807) is 11.3 Å². The standard InChI is InChI=1S/C6H13N.C5H7NS/c7-6-4-2-1-3-5-6;1-4-3-7-5(2)6-4/h6H,1-5,7H2;3H,1-2H3. The Morgan fingerprint density at radius 2 is 1.93 bits per heavy atom. The first-order chi connectivity index (χ1) is 6.68. The summed E-state index contributed by atoms with van der Waals surface area (Å²) >= 11 is 1.69. The molecule has 1 saturated carbocycles. The molecule has 0 radical (unpaired) electrons. The second-order valence-corrected chi connectivity index (χ2v) is 4.97. The molecule has 1 aromatic heterocycles. The zero-order valence-electron chi connectivity index (χ0n) is 9.12. The summed E-state index contributed by atoms with van der Waals surface area (Å²) < 4.78 is 0. The lowest BCUT2D eigenvalue weighted by Gasteiger charge is -2.15. The molecule has 3 heteroatoms. The molecular formula is C11H20N2S. The number of rotatable bonds is 0. The van der Waals surface area contributed by atoms with Crippen LogP contribution in [0.25, 0.3) is 0 Å². The van der Waals surface area contributed by atoms with Crippen LogP contribution in [0.3, 0.4) is 0 Å². The van der Waals surface area contributed by atoms with E-state index in [9.17, 15) is 0 Å². The Morgan fingerprint density at radius 3 is 2.14 bits per heavy atom. The summed E-state index contributed by atoms with van der Waals surface area (Å²) in [6.45, 7) is 4.02. The monoisotopic (exact) mass is 212 g/mol. The van der Waals surface area contributed by atoms with Gasteiger partial charge in [0.1, 0.15) is 0 Å². The summed E-state index contributed by atoms with van der Waals surface area (Å²) in [7, 11) is 0. The molecule has 1 fully saturated rings. The van der Waals surface area contributed by atoms with E-state index in [4.69, 9.17) is 5.73 Å². The predicted octanol–water partition coefficient (Wildman–Crippen LogP) is 3.04. The van der Waals surface area contributed by atoms with Crippen molar-refractivity contribution in [2.24, 2.45) is 5.73 Å². The highest BCUT2D eigenvalue weighted by atomic mass is 32.1. The van der Waals surface area contributed by atoms with Crippen LogP contribution in [0.2, 0.25) is 0 Å². The van der Waals surface area contributed by atoms with Crippen molar-refractivity contribution >= 4 is 11.3 Å². The zero-order chi connectivity index (χ0) is 10.4. The van der Waals surface area contributed by atoms with Crippen LogP contribution in [0.4, 0.5) is 0 Å². The van der Waals surface area contributed by atoms with Gasteiger partial charge in [0.25, 0.3) is 0 Å². The molecule has 0 aliphatic heterocycles. The van der Waals surface area contributed by atoms with E-state index in [0.717, 1.165) is 10.7 Å². The maximum absolute atomic E-state index is 5.63. The van der Waals surface area contributed by atoms with E-state index in [1.165, 1.54) is 32.1 Å². The topological polar surface area (TPSA) is 38.9 Å². The molecule has 80 valence electrons. The van der Waals surface area contributed by atoms with Crippen LogP contribution in [-0.4, -0.2) is 11.0 Å². The van der Waals surface area contributed by atoms with Gasteiger partial charge in [-0.2, -0.15) is 0 Å². The maximum atomic E-state index is 5.63. The van der Waals surface area contributed by atoms with E-state index >= 15 is 0 Å². The van der Waals surface area contributed by atoms with Gasteiger partial charge in [-0.15, -0.1) is 11.3 Å². The first-order valence-electron chi connectivity index (χ1n) is 5.33. The Hall–Kier alpha value is -0.410.